The Morgan fingerprint density at radius 2 is 1.95 bits per heavy atom. The van der Waals surface area contributed by atoms with Gasteiger partial charge in [0.05, 0.1) is 32.4 Å². The first-order chi connectivity index (χ1) is 19.6. The lowest BCUT2D eigenvalue weighted by atomic mass is 10.0. The van der Waals surface area contributed by atoms with Crippen LogP contribution in [0.2, 0.25) is 5.02 Å². The number of halogens is 1. The van der Waals surface area contributed by atoms with Crippen molar-refractivity contribution in [3.63, 3.8) is 0 Å². The predicted octanol–water partition coefficient (Wildman–Crippen LogP) is 4.69. The number of thiazole rings is 1. The van der Waals surface area contributed by atoms with E-state index in [0.717, 1.165) is 11.3 Å². The minimum Gasteiger partial charge on any atom is -0.463 e. The Labute approximate surface area is 243 Å². The normalized spacial score (nSPS) is 15.0. The molecule has 0 radical (unpaired) electrons. The standard InChI is InChI=1S/C29H25ClN4O6S/c1-5-39-28(36)25-16(2)31-29-33(27(35)24(41-29)14-17-6-8-18(9-7-17)32(3)4)26(25)23-13-12-22(40-23)20-15-19(34(37)38)10-11-21(20)30/h6-15,26H,5H2,1-4H3/b24-14-/t26-/m0/s1. The van der Waals surface area contributed by atoms with E-state index < -0.39 is 16.9 Å². The van der Waals surface area contributed by atoms with Gasteiger partial charge in [0.2, 0.25) is 0 Å². The van der Waals surface area contributed by atoms with Gasteiger partial charge in [0, 0.05) is 37.5 Å². The number of allylic oxidation sites excluding steroid dienone is 1. The van der Waals surface area contributed by atoms with E-state index in [1.165, 1.54) is 34.1 Å². The van der Waals surface area contributed by atoms with E-state index >= 15 is 0 Å². The number of ether oxygens (including phenoxy) is 1. The number of nitrogens with zero attached hydrogens (tertiary/aromatic N) is 4. The number of nitro benzene ring substituents is 1. The van der Waals surface area contributed by atoms with Crippen molar-refractivity contribution in [2.75, 3.05) is 25.6 Å². The maximum atomic E-state index is 13.8. The first kappa shape index (κ1) is 28.1. The first-order valence-electron chi connectivity index (χ1n) is 12.6. The maximum absolute atomic E-state index is 13.8. The Bertz CT molecular complexity index is 1880. The fourth-order valence-electron chi connectivity index (χ4n) is 4.54. The Balaban J connectivity index is 1.66. The van der Waals surface area contributed by atoms with E-state index in [1.807, 2.05) is 43.3 Å². The molecule has 1 aliphatic rings. The number of furan rings is 1. The van der Waals surface area contributed by atoms with Crippen molar-refractivity contribution in [2.24, 2.45) is 4.99 Å². The molecule has 0 N–H and O–H groups in total. The molecule has 0 saturated heterocycles. The number of non-ortho nitro benzene ring substituents is 1. The number of aromatic nitrogens is 1. The molecule has 0 aliphatic carbocycles. The fourth-order valence-corrected chi connectivity index (χ4v) is 5.80. The molecule has 0 amide bonds. The Morgan fingerprint density at radius 3 is 2.61 bits per heavy atom. The van der Waals surface area contributed by atoms with Crippen molar-refractivity contribution in [3.8, 4) is 11.3 Å². The third kappa shape index (κ3) is 5.33. The number of carbonyl (C=O) groups is 1. The number of carbonyl (C=O) groups excluding carboxylic acids is 1. The molecule has 0 bridgehead atoms. The summed E-state index contributed by atoms with van der Waals surface area (Å²) in [4.78, 5) is 44.7. The smallest absolute Gasteiger partial charge is 0.338 e. The molecule has 0 spiro atoms. The van der Waals surface area contributed by atoms with Crippen LogP contribution < -0.4 is 19.8 Å². The van der Waals surface area contributed by atoms with Crippen molar-refractivity contribution < 1.29 is 18.9 Å². The molecule has 5 rings (SSSR count). The molecule has 2 aromatic carbocycles. The van der Waals surface area contributed by atoms with Crippen LogP contribution in [0.4, 0.5) is 11.4 Å². The zero-order valence-electron chi connectivity index (χ0n) is 22.6. The number of nitro groups is 1. The second kappa shape index (κ2) is 11.2. The minimum absolute atomic E-state index is 0.127. The van der Waals surface area contributed by atoms with Gasteiger partial charge in [-0.25, -0.2) is 9.79 Å². The SMILES string of the molecule is CCOC(=O)C1=C(C)N=c2s/c(=C\c3ccc(N(C)C)cc3)c(=O)n2[C@H]1c1ccc(-c2cc([N+](=O)[O-])ccc2Cl)o1. The summed E-state index contributed by atoms with van der Waals surface area (Å²) < 4.78 is 13.3. The Morgan fingerprint density at radius 1 is 1.22 bits per heavy atom. The van der Waals surface area contributed by atoms with Gasteiger partial charge >= 0.3 is 5.97 Å². The molecule has 210 valence electrons. The molecule has 2 aromatic heterocycles. The monoisotopic (exact) mass is 592 g/mol. The maximum Gasteiger partial charge on any atom is 0.338 e. The molecule has 4 aromatic rings. The van der Waals surface area contributed by atoms with Gasteiger partial charge in [-0.3, -0.25) is 19.5 Å². The lowest BCUT2D eigenvalue weighted by Gasteiger charge is -2.22. The molecule has 3 heterocycles. The van der Waals surface area contributed by atoms with Crippen LogP contribution in [0.1, 0.15) is 31.2 Å². The number of esters is 1. The summed E-state index contributed by atoms with van der Waals surface area (Å²) in [6, 6.07) is 14.0. The van der Waals surface area contributed by atoms with Gasteiger partial charge < -0.3 is 14.1 Å². The average molecular weight is 593 g/mol. The van der Waals surface area contributed by atoms with Gasteiger partial charge in [0.25, 0.3) is 11.2 Å². The third-order valence-corrected chi connectivity index (χ3v) is 7.86. The summed E-state index contributed by atoms with van der Waals surface area (Å²) >= 11 is 7.55. The topological polar surface area (TPSA) is 120 Å². The van der Waals surface area contributed by atoms with E-state index in [0.29, 0.717) is 20.6 Å². The minimum atomic E-state index is -0.977. The number of rotatable bonds is 7. The van der Waals surface area contributed by atoms with E-state index in [9.17, 15) is 19.7 Å². The molecule has 10 nitrogen and oxygen atoms in total. The van der Waals surface area contributed by atoms with Crippen LogP contribution in [0, 0.1) is 10.1 Å². The second-order valence-electron chi connectivity index (χ2n) is 9.41. The predicted molar refractivity (Wildman–Crippen MR) is 157 cm³/mol. The van der Waals surface area contributed by atoms with Crippen molar-refractivity contribution >= 4 is 46.4 Å². The molecule has 12 heteroatoms. The molecule has 0 saturated carbocycles. The number of fused-ring (bicyclic) bond motifs is 1. The molecule has 0 fully saturated rings. The van der Waals surface area contributed by atoms with Crippen LogP contribution in [0.3, 0.4) is 0 Å². The van der Waals surface area contributed by atoms with Crippen molar-refractivity contribution in [1.82, 2.24) is 4.57 Å². The lowest BCUT2D eigenvalue weighted by Crippen LogP contribution is -2.39. The molecule has 1 atom stereocenters. The Hall–Kier alpha value is -4.48. The van der Waals surface area contributed by atoms with Gasteiger partial charge in [-0.2, -0.15) is 0 Å². The molecule has 0 unspecified atom stereocenters. The van der Waals surface area contributed by atoms with Crippen molar-refractivity contribution in [3.05, 3.63) is 112 Å². The largest absolute Gasteiger partial charge is 0.463 e. The summed E-state index contributed by atoms with van der Waals surface area (Å²) in [7, 11) is 3.90. The van der Waals surface area contributed by atoms with Gasteiger partial charge in [-0.1, -0.05) is 35.1 Å². The lowest BCUT2D eigenvalue weighted by molar-refractivity contribution is -0.384. The van der Waals surface area contributed by atoms with Gasteiger partial charge in [-0.05, 0) is 55.8 Å². The zero-order valence-corrected chi connectivity index (χ0v) is 24.2. The van der Waals surface area contributed by atoms with Crippen LogP contribution in [-0.4, -0.2) is 36.2 Å². The van der Waals surface area contributed by atoms with E-state index in [4.69, 9.17) is 20.8 Å². The molecule has 41 heavy (non-hydrogen) atoms. The van der Waals surface area contributed by atoms with Gasteiger partial charge in [-0.15, -0.1) is 0 Å². The van der Waals surface area contributed by atoms with Crippen molar-refractivity contribution in [1.29, 1.82) is 0 Å². The highest BCUT2D eigenvalue weighted by Gasteiger charge is 2.35. The zero-order chi connectivity index (χ0) is 29.4. The number of hydrogen-bond donors (Lipinski definition) is 0. The van der Waals surface area contributed by atoms with Gasteiger partial charge in [0.1, 0.15) is 17.6 Å². The summed E-state index contributed by atoms with van der Waals surface area (Å²) in [6.07, 6.45) is 1.78. The quantitative estimate of drug-likeness (QED) is 0.173. The van der Waals surface area contributed by atoms with E-state index in [-0.39, 0.29) is 40.0 Å². The Kier molecular flexibility index (Phi) is 7.65. The highest BCUT2D eigenvalue weighted by atomic mass is 35.5. The molecule has 1 aliphatic heterocycles. The van der Waals surface area contributed by atoms with Gasteiger partial charge in [0.15, 0.2) is 4.80 Å². The molecular formula is C29H25ClN4O6S. The highest BCUT2D eigenvalue weighted by Crippen LogP contribution is 2.37. The highest BCUT2D eigenvalue weighted by molar-refractivity contribution is 7.07. The molecular weight excluding hydrogens is 568 g/mol. The van der Waals surface area contributed by atoms with Crippen LogP contribution in [0.5, 0.6) is 0 Å². The third-order valence-electron chi connectivity index (χ3n) is 6.55. The van der Waals surface area contributed by atoms with E-state index in [2.05, 4.69) is 4.99 Å². The van der Waals surface area contributed by atoms with Crippen LogP contribution >= 0.6 is 22.9 Å². The summed E-state index contributed by atoms with van der Waals surface area (Å²) in [5.74, 6) is -0.129. The number of benzene rings is 2. The summed E-state index contributed by atoms with van der Waals surface area (Å²) in [5.41, 5.74) is 2.21. The summed E-state index contributed by atoms with van der Waals surface area (Å²) in [5, 5.41) is 11.6. The van der Waals surface area contributed by atoms with E-state index in [1.54, 1.807) is 32.1 Å². The average Bonchev–Trinajstić information content (AvgIpc) is 3.53. The van der Waals surface area contributed by atoms with Crippen LogP contribution in [-0.2, 0) is 9.53 Å². The summed E-state index contributed by atoms with van der Waals surface area (Å²) in [6.45, 7) is 3.49. The van der Waals surface area contributed by atoms with Crippen molar-refractivity contribution in [2.45, 2.75) is 19.9 Å². The van der Waals surface area contributed by atoms with Crippen LogP contribution in [0.25, 0.3) is 17.4 Å². The fraction of sp³-hybridized carbons (Fsp3) is 0.207. The second-order valence-corrected chi connectivity index (χ2v) is 10.8. The number of hydrogen-bond acceptors (Lipinski definition) is 9. The number of anilines is 1. The first-order valence-corrected chi connectivity index (χ1v) is 13.8. The van der Waals surface area contributed by atoms with Crippen LogP contribution in [0.15, 0.2) is 80.1 Å².